The average molecular weight is 496 g/mol. The number of halogens is 2. The topological polar surface area (TPSA) is 80.1 Å². The highest BCUT2D eigenvalue weighted by Crippen LogP contribution is 2.30. The molecule has 0 spiro atoms. The molecule has 2 amide bonds. The number of ether oxygens (including phenoxy) is 2. The molecule has 2 aliphatic heterocycles. The van der Waals surface area contributed by atoms with Gasteiger partial charge >= 0.3 is 0 Å². The first-order valence-electron chi connectivity index (χ1n) is 10.8. The van der Waals surface area contributed by atoms with Crippen LogP contribution in [0, 0.1) is 6.92 Å². The Morgan fingerprint density at radius 1 is 1.06 bits per heavy atom. The molecule has 0 aliphatic carbocycles. The number of benzene rings is 1. The molecule has 1 aromatic carbocycles. The Balaban J connectivity index is 1.38. The third kappa shape index (κ3) is 5.05. The van der Waals surface area contributed by atoms with Gasteiger partial charge in [0.1, 0.15) is 12.3 Å². The Bertz CT molecular complexity index is 1030. The Morgan fingerprint density at radius 3 is 2.42 bits per heavy atom. The predicted octanol–water partition coefficient (Wildman–Crippen LogP) is 2.33. The van der Waals surface area contributed by atoms with Crippen LogP contribution in [0.1, 0.15) is 16.2 Å². The molecule has 1 aromatic heterocycles. The number of carbonyl (C=O) groups excluding carboxylic acids is 2. The lowest BCUT2D eigenvalue weighted by atomic mass is 10.2. The molecule has 0 bridgehead atoms. The lowest BCUT2D eigenvalue weighted by Gasteiger charge is -2.36. The van der Waals surface area contributed by atoms with E-state index in [1.807, 2.05) is 23.1 Å². The van der Waals surface area contributed by atoms with Crippen molar-refractivity contribution in [2.24, 2.45) is 0 Å². The summed E-state index contributed by atoms with van der Waals surface area (Å²) in [4.78, 5) is 31.4. The van der Waals surface area contributed by atoms with Gasteiger partial charge in [-0.3, -0.25) is 14.3 Å². The molecule has 0 N–H and O–H groups in total. The molecule has 2 saturated heterocycles. The fourth-order valence-electron chi connectivity index (χ4n) is 4.02. The van der Waals surface area contributed by atoms with E-state index in [1.165, 1.54) is 4.68 Å². The molecule has 0 atom stereocenters. The van der Waals surface area contributed by atoms with E-state index in [-0.39, 0.29) is 24.1 Å². The normalized spacial score (nSPS) is 16.8. The number of morpholine rings is 1. The van der Waals surface area contributed by atoms with Crippen LogP contribution >= 0.6 is 23.2 Å². The van der Waals surface area contributed by atoms with Crippen molar-refractivity contribution < 1.29 is 19.1 Å². The van der Waals surface area contributed by atoms with Gasteiger partial charge in [-0.25, -0.2) is 0 Å². The van der Waals surface area contributed by atoms with Crippen molar-refractivity contribution in [2.75, 3.05) is 64.5 Å². The lowest BCUT2D eigenvalue weighted by molar-refractivity contribution is -0.132. The standard InChI is InChI=1S/C22H27Cl2N5O4/c1-15-20(24)21(22(31)28-9-11-33-12-10-28)25-29(15)14-19(30)27-7-5-26(6-8-27)16-3-4-17(23)18(13-16)32-2/h3-4,13H,5-12,14H2,1-2H3. The third-order valence-corrected chi connectivity index (χ3v) is 6.82. The fraction of sp³-hybridized carbons (Fsp3) is 0.500. The maximum absolute atomic E-state index is 13.0. The molecule has 2 aliphatic rings. The van der Waals surface area contributed by atoms with E-state index >= 15 is 0 Å². The van der Waals surface area contributed by atoms with Crippen LogP contribution in [0.2, 0.25) is 10.0 Å². The van der Waals surface area contributed by atoms with Gasteiger partial charge in [0, 0.05) is 51.0 Å². The van der Waals surface area contributed by atoms with Crippen molar-refractivity contribution >= 4 is 40.7 Å². The smallest absolute Gasteiger partial charge is 0.276 e. The van der Waals surface area contributed by atoms with Gasteiger partial charge in [-0.1, -0.05) is 23.2 Å². The van der Waals surface area contributed by atoms with Crippen molar-refractivity contribution in [1.82, 2.24) is 19.6 Å². The van der Waals surface area contributed by atoms with E-state index in [9.17, 15) is 9.59 Å². The number of piperazine rings is 1. The largest absolute Gasteiger partial charge is 0.495 e. The number of anilines is 1. The Hall–Kier alpha value is -2.49. The van der Waals surface area contributed by atoms with Crippen LogP contribution in [0.5, 0.6) is 5.75 Å². The minimum Gasteiger partial charge on any atom is -0.495 e. The number of hydrogen-bond donors (Lipinski definition) is 0. The van der Waals surface area contributed by atoms with E-state index in [0.29, 0.717) is 74.0 Å². The molecule has 9 nitrogen and oxygen atoms in total. The van der Waals surface area contributed by atoms with Gasteiger partial charge in [-0.05, 0) is 19.1 Å². The summed E-state index contributed by atoms with van der Waals surface area (Å²) in [6.07, 6.45) is 0. The van der Waals surface area contributed by atoms with Crippen molar-refractivity contribution in [1.29, 1.82) is 0 Å². The van der Waals surface area contributed by atoms with Crippen molar-refractivity contribution in [3.05, 3.63) is 39.6 Å². The first kappa shape index (κ1) is 23.7. The minimum absolute atomic E-state index is 0.0384. The number of amides is 2. The summed E-state index contributed by atoms with van der Waals surface area (Å²) in [5.41, 5.74) is 1.79. The third-order valence-electron chi connectivity index (χ3n) is 6.05. The van der Waals surface area contributed by atoms with Crippen LogP contribution in [0.25, 0.3) is 0 Å². The number of aromatic nitrogens is 2. The molecule has 2 aromatic rings. The van der Waals surface area contributed by atoms with E-state index in [2.05, 4.69) is 10.00 Å². The number of nitrogens with zero attached hydrogens (tertiary/aromatic N) is 5. The summed E-state index contributed by atoms with van der Waals surface area (Å²) in [5.74, 6) is 0.335. The molecule has 178 valence electrons. The molecule has 0 saturated carbocycles. The summed E-state index contributed by atoms with van der Waals surface area (Å²) in [6, 6.07) is 5.67. The molecule has 0 unspecified atom stereocenters. The zero-order valence-corrected chi connectivity index (χ0v) is 20.2. The van der Waals surface area contributed by atoms with Crippen LogP contribution in [0.3, 0.4) is 0 Å². The maximum atomic E-state index is 13.0. The second kappa shape index (κ2) is 10.2. The maximum Gasteiger partial charge on any atom is 0.276 e. The van der Waals surface area contributed by atoms with Crippen LogP contribution < -0.4 is 9.64 Å². The number of hydrogen-bond acceptors (Lipinski definition) is 6. The summed E-state index contributed by atoms with van der Waals surface area (Å²) in [5, 5.41) is 5.23. The zero-order valence-electron chi connectivity index (χ0n) is 18.7. The second-order valence-electron chi connectivity index (χ2n) is 8.00. The van der Waals surface area contributed by atoms with Gasteiger partial charge in [0.05, 0.1) is 36.1 Å². The van der Waals surface area contributed by atoms with Gasteiger partial charge in [-0.15, -0.1) is 0 Å². The number of rotatable bonds is 5. The van der Waals surface area contributed by atoms with Gasteiger partial charge in [0.25, 0.3) is 5.91 Å². The van der Waals surface area contributed by atoms with Gasteiger partial charge < -0.3 is 24.2 Å². The molecular formula is C22H27Cl2N5O4. The highest BCUT2D eigenvalue weighted by molar-refractivity contribution is 6.34. The lowest BCUT2D eigenvalue weighted by Crippen LogP contribution is -2.49. The number of carbonyl (C=O) groups is 2. The highest BCUT2D eigenvalue weighted by Gasteiger charge is 2.28. The van der Waals surface area contributed by atoms with Crippen molar-refractivity contribution in [3.63, 3.8) is 0 Å². The van der Waals surface area contributed by atoms with E-state index in [0.717, 1.165) is 5.69 Å². The number of methoxy groups -OCH3 is 1. The molecule has 2 fully saturated rings. The summed E-state index contributed by atoms with van der Waals surface area (Å²) >= 11 is 12.5. The summed E-state index contributed by atoms with van der Waals surface area (Å²) in [7, 11) is 1.59. The quantitative estimate of drug-likeness (QED) is 0.633. The predicted molar refractivity (Wildman–Crippen MR) is 125 cm³/mol. The van der Waals surface area contributed by atoms with Crippen LogP contribution in [-0.2, 0) is 16.1 Å². The van der Waals surface area contributed by atoms with Crippen LogP contribution in [0.4, 0.5) is 5.69 Å². The van der Waals surface area contributed by atoms with Crippen molar-refractivity contribution in [3.8, 4) is 5.75 Å². The molecular weight excluding hydrogens is 469 g/mol. The molecule has 0 radical (unpaired) electrons. The highest BCUT2D eigenvalue weighted by atomic mass is 35.5. The second-order valence-corrected chi connectivity index (χ2v) is 8.78. The van der Waals surface area contributed by atoms with E-state index < -0.39 is 0 Å². The molecule has 11 heteroatoms. The first-order chi connectivity index (χ1) is 15.9. The summed E-state index contributed by atoms with van der Waals surface area (Å²) < 4.78 is 12.1. The molecule has 33 heavy (non-hydrogen) atoms. The Kier molecular flexibility index (Phi) is 7.31. The first-order valence-corrected chi connectivity index (χ1v) is 11.6. The van der Waals surface area contributed by atoms with Crippen LogP contribution in [-0.4, -0.2) is 91.0 Å². The van der Waals surface area contributed by atoms with Crippen LogP contribution in [0.15, 0.2) is 18.2 Å². The monoisotopic (exact) mass is 495 g/mol. The summed E-state index contributed by atoms with van der Waals surface area (Å²) in [6.45, 7) is 6.35. The minimum atomic E-state index is -0.232. The Labute approximate surface area is 202 Å². The van der Waals surface area contributed by atoms with Gasteiger partial charge in [0.2, 0.25) is 5.91 Å². The van der Waals surface area contributed by atoms with E-state index in [4.69, 9.17) is 32.7 Å². The molecule has 3 heterocycles. The zero-order chi connectivity index (χ0) is 23.5. The Morgan fingerprint density at radius 2 is 1.76 bits per heavy atom. The molecule has 4 rings (SSSR count). The van der Waals surface area contributed by atoms with Gasteiger partial charge in [-0.2, -0.15) is 5.10 Å². The SMILES string of the molecule is COc1cc(N2CCN(C(=O)Cn3nc(C(=O)N4CCOCC4)c(Cl)c3C)CC2)ccc1Cl. The van der Waals surface area contributed by atoms with Gasteiger partial charge in [0.15, 0.2) is 5.69 Å². The average Bonchev–Trinajstić information content (AvgIpc) is 3.13. The van der Waals surface area contributed by atoms with Crippen molar-refractivity contribution in [2.45, 2.75) is 13.5 Å². The van der Waals surface area contributed by atoms with E-state index in [1.54, 1.807) is 18.9 Å². The fourth-order valence-corrected chi connectivity index (χ4v) is 4.43.